The Morgan fingerprint density at radius 2 is 2.25 bits per heavy atom. The van der Waals surface area contributed by atoms with Crippen molar-refractivity contribution in [3.63, 3.8) is 0 Å². The number of hydrogen-bond donors (Lipinski definition) is 2. The van der Waals surface area contributed by atoms with Crippen LogP contribution in [0, 0.1) is 0 Å². The van der Waals surface area contributed by atoms with Crippen LogP contribution in [0.25, 0.3) is 10.1 Å². The molecule has 1 amide bonds. The zero-order valence-electron chi connectivity index (χ0n) is 11.1. The molecule has 3 N–H and O–H groups in total. The van der Waals surface area contributed by atoms with Crippen molar-refractivity contribution in [1.82, 2.24) is 5.32 Å². The van der Waals surface area contributed by atoms with Crippen LogP contribution in [0.3, 0.4) is 0 Å². The van der Waals surface area contributed by atoms with Gasteiger partial charge in [0, 0.05) is 44.0 Å². The molecule has 2 aromatic rings. The highest BCUT2D eigenvalue weighted by molar-refractivity contribution is 7.84. The number of thiophene rings is 1. The smallest absolute Gasteiger partial charge is 0.263 e. The third kappa shape index (κ3) is 3.31. The summed E-state index contributed by atoms with van der Waals surface area (Å²) < 4.78 is 12.0. The van der Waals surface area contributed by atoms with Crippen molar-refractivity contribution in [2.75, 3.05) is 17.7 Å². The standard InChI is InChI=1S/C13H15ClN2O2S2/c1-7(6-20(2)18)16-13(17)12-11(15)9-4-3-8(14)5-10(9)19-12/h3-5,7H,6,15H2,1-2H3,(H,16,17). The zero-order valence-corrected chi connectivity index (χ0v) is 13.5. The molecule has 0 saturated carbocycles. The van der Waals surface area contributed by atoms with E-state index in [9.17, 15) is 9.00 Å². The van der Waals surface area contributed by atoms with Gasteiger partial charge in [-0.25, -0.2) is 0 Å². The molecule has 1 aromatic carbocycles. The average Bonchev–Trinajstić information content (AvgIpc) is 2.65. The minimum absolute atomic E-state index is 0.165. The highest BCUT2D eigenvalue weighted by Crippen LogP contribution is 2.35. The van der Waals surface area contributed by atoms with Crippen molar-refractivity contribution >= 4 is 55.4 Å². The molecule has 0 aliphatic carbocycles. The minimum atomic E-state index is -0.952. The number of hydrogen-bond acceptors (Lipinski definition) is 4. The Morgan fingerprint density at radius 1 is 1.55 bits per heavy atom. The lowest BCUT2D eigenvalue weighted by Crippen LogP contribution is -2.36. The van der Waals surface area contributed by atoms with E-state index in [0.29, 0.717) is 21.3 Å². The van der Waals surface area contributed by atoms with Crippen LogP contribution in [0.5, 0.6) is 0 Å². The number of rotatable bonds is 4. The number of halogens is 1. The number of nitrogen functional groups attached to an aromatic ring is 1. The summed E-state index contributed by atoms with van der Waals surface area (Å²) in [5.74, 6) is 0.181. The van der Waals surface area contributed by atoms with Crippen molar-refractivity contribution in [2.24, 2.45) is 0 Å². The number of fused-ring (bicyclic) bond motifs is 1. The predicted molar refractivity (Wildman–Crippen MR) is 87.1 cm³/mol. The summed E-state index contributed by atoms with van der Waals surface area (Å²) in [6.45, 7) is 1.82. The molecule has 0 aliphatic rings. The first-order valence-corrected chi connectivity index (χ1v) is 8.89. The summed E-state index contributed by atoms with van der Waals surface area (Å²) in [7, 11) is -0.952. The number of carbonyl (C=O) groups excluding carboxylic acids is 1. The molecule has 20 heavy (non-hydrogen) atoms. The lowest BCUT2D eigenvalue weighted by molar-refractivity contribution is 0.0948. The van der Waals surface area contributed by atoms with Gasteiger partial charge in [-0.3, -0.25) is 9.00 Å². The van der Waals surface area contributed by atoms with E-state index < -0.39 is 10.8 Å². The molecule has 108 valence electrons. The Kier molecular flexibility index (Phi) is 4.67. The van der Waals surface area contributed by atoms with Crippen LogP contribution in [0.4, 0.5) is 5.69 Å². The fraction of sp³-hybridized carbons (Fsp3) is 0.308. The second-order valence-electron chi connectivity index (χ2n) is 4.60. The second kappa shape index (κ2) is 6.11. The first-order chi connectivity index (χ1) is 9.38. The highest BCUT2D eigenvalue weighted by atomic mass is 35.5. The monoisotopic (exact) mass is 330 g/mol. The van der Waals surface area contributed by atoms with Gasteiger partial charge in [0.25, 0.3) is 5.91 Å². The SMILES string of the molecule is CC(CS(C)=O)NC(=O)c1sc2cc(Cl)ccc2c1N. The summed E-state index contributed by atoms with van der Waals surface area (Å²) in [5.41, 5.74) is 6.48. The number of amides is 1. The third-order valence-electron chi connectivity index (χ3n) is 2.76. The van der Waals surface area contributed by atoms with E-state index in [4.69, 9.17) is 17.3 Å². The normalized spacial score (nSPS) is 14.2. The molecular formula is C13H15ClN2O2S2. The molecule has 1 heterocycles. The number of carbonyl (C=O) groups is 1. The molecule has 0 bridgehead atoms. The topological polar surface area (TPSA) is 72.2 Å². The Morgan fingerprint density at radius 3 is 2.90 bits per heavy atom. The van der Waals surface area contributed by atoms with Gasteiger partial charge in [-0.1, -0.05) is 11.6 Å². The van der Waals surface area contributed by atoms with Crippen molar-refractivity contribution in [2.45, 2.75) is 13.0 Å². The van der Waals surface area contributed by atoms with E-state index >= 15 is 0 Å². The first-order valence-electron chi connectivity index (χ1n) is 5.97. The lowest BCUT2D eigenvalue weighted by Gasteiger charge is -2.11. The number of benzene rings is 1. The molecule has 0 radical (unpaired) electrons. The summed E-state index contributed by atoms with van der Waals surface area (Å²) in [6.07, 6.45) is 1.61. The van der Waals surface area contributed by atoms with Gasteiger partial charge in [0.1, 0.15) is 4.88 Å². The van der Waals surface area contributed by atoms with E-state index in [-0.39, 0.29) is 11.9 Å². The fourth-order valence-electron chi connectivity index (χ4n) is 1.94. The first kappa shape index (κ1) is 15.3. The van der Waals surface area contributed by atoms with Crippen LogP contribution < -0.4 is 11.1 Å². The van der Waals surface area contributed by atoms with Crippen LogP contribution >= 0.6 is 22.9 Å². The average molecular weight is 331 g/mol. The maximum atomic E-state index is 12.2. The van der Waals surface area contributed by atoms with Crippen molar-refractivity contribution < 1.29 is 9.00 Å². The fourth-order valence-corrected chi connectivity index (χ4v) is 4.03. The van der Waals surface area contributed by atoms with E-state index in [2.05, 4.69) is 5.32 Å². The molecule has 0 fully saturated rings. The number of nitrogens with two attached hydrogens (primary N) is 1. The summed E-state index contributed by atoms with van der Waals surface area (Å²) >= 11 is 7.24. The van der Waals surface area contributed by atoms with Gasteiger partial charge < -0.3 is 11.1 Å². The van der Waals surface area contributed by atoms with Crippen molar-refractivity contribution in [1.29, 1.82) is 0 Å². The van der Waals surface area contributed by atoms with Gasteiger partial charge in [0.2, 0.25) is 0 Å². The van der Waals surface area contributed by atoms with E-state index in [1.165, 1.54) is 11.3 Å². The van der Waals surface area contributed by atoms with E-state index in [0.717, 1.165) is 10.1 Å². The van der Waals surface area contributed by atoms with Crippen LogP contribution in [-0.4, -0.2) is 28.2 Å². The third-order valence-corrected chi connectivity index (χ3v) is 5.13. The Hall–Kier alpha value is -1.11. The van der Waals surface area contributed by atoms with Crippen molar-refractivity contribution in [3.8, 4) is 0 Å². The van der Waals surface area contributed by atoms with Gasteiger partial charge in [0.05, 0.1) is 5.69 Å². The van der Waals surface area contributed by atoms with Crippen LogP contribution in [-0.2, 0) is 10.8 Å². The Balaban J connectivity index is 2.26. The predicted octanol–water partition coefficient (Wildman–Crippen LogP) is 2.63. The molecule has 2 unspecified atom stereocenters. The largest absolute Gasteiger partial charge is 0.397 e. The molecule has 0 saturated heterocycles. The highest BCUT2D eigenvalue weighted by Gasteiger charge is 2.18. The van der Waals surface area contributed by atoms with Crippen molar-refractivity contribution in [3.05, 3.63) is 28.1 Å². The minimum Gasteiger partial charge on any atom is -0.397 e. The Bertz CT molecular complexity index is 684. The van der Waals surface area contributed by atoms with Gasteiger partial charge in [-0.05, 0) is 25.1 Å². The molecule has 4 nitrogen and oxygen atoms in total. The molecule has 7 heteroatoms. The maximum absolute atomic E-state index is 12.2. The number of anilines is 1. The molecular weight excluding hydrogens is 316 g/mol. The van der Waals surface area contributed by atoms with Crippen LogP contribution in [0.15, 0.2) is 18.2 Å². The summed E-state index contributed by atoms with van der Waals surface area (Å²) in [5, 5.41) is 4.25. The van der Waals surface area contributed by atoms with Gasteiger partial charge in [0.15, 0.2) is 0 Å². The summed E-state index contributed by atoms with van der Waals surface area (Å²) in [6, 6.07) is 5.18. The maximum Gasteiger partial charge on any atom is 0.263 e. The quantitative estimate of drug-likeness (QED) is 0.905. The molecule has 2 atom stereocenters. The van der Waals surface area contributed by atoms with Crippen LogP contribution in [0.2, 0.25) is 5.02 Å². The van der Waals surface area contributed by atoms with Crippen LogP contribution in [0.1, 0.15) is 16.6 Å². The lowest BCUT2D eigenvalue weighted by atomic mass is 10.2. The molecule has 0 aliphatic heterocycles. The van der Waals surface area contributed by atoms with Gasteiger partial charge in [-0.2, -0.15) is 0 Å². The number of nitrogens with one attached hydrogen (secondary N) is 1. The second-order valence-corrected chi connectivity index (χ2v) is 7.57. The Labute approximate surface area is 128 Å². The zero-order chi connectivity index (χ0) is 14.9. The van der Waals surface area contributed by atoms with Gasteiger partial charge >= 0.3 is 0 Å². The van der Waals surface area contributed by atoms with E-state index in [1.54, 1.807) is 18.4 Å². The molecule has 1 aromatic heterocycles. The molecule has 0 spiro atoms. The van der Waals surface area contributed by atoms with E-state index in [1.807, 2.05) is 13.0 Å². The van der Waals surface area contributed by atoms with Gasteiger partial charge in [-0.15, -0.1) is 11.3 Å². The molecule has 2 rings (SSSR count). The summed E-state index contributed by atoms with van der Waals surface area (Å²) in [4.78, 5) is 12.7.